The molecule has 24 heavy (non-hydrogen) atoms. The Morgan fingerprint density at radius 1 is 1.42 bits per heavy atom. The quantitative estimate of drug-likeness (QED) is 0.868. The molecule has 0 aliphatic rings. The lowest BCUT2D eigenvalue weighted by Crippen LogP contribution is -2.39. The molecule has 2 aromatic rings. The predicted molar refractivity (Wildman–Crippen MR) is 87.8 cm³/mol. The maximum absolute atomic E-state index is 12.9. The van der Waals surface area contributed by atoms with Crippen LogP contribution >= 0.6 is 0 Å². The van der Waals surface area contributed by atoms with E-state index in [1.807, 2.05) is 0 Å². The molecule has 0 saturated heterocycles. The van der Waals surface area contributed by atoms with Crippen LogP contribution in [-0.4, -0.2) is 39.3 Å². The molecule has 1 heterocycles. The topological polar surface area (TPSA) is 73.4 Å². The lowest BCUT2D eigenvalue weighted by Gasteiger charge is -2.26. The molecule has 1 aromatic carbocycles. The van der Waals surface area contributed by atoms with Crippen molar-refractivity contribution >= 4 is 22.7 Å². The van der Waals surface area contributed by atoms with Crippen LogP contribution in [0.1, 0.15) is 26.5 Å². The van der Waals surface area contributed by atoms with Crippen molar-refractivity contribution in [1.82, 2.24) is 14.7 Å². The molecule has 0 atom stereocenters. The molecule has 0 saturated carbocycles. The molecule has 0 fully saturated rings. The van der Waals surface area contributed by atoms with Crippen molar-refractivity contribution in [3.8, 4) is 0 Å². The van der Waals surface area contributed by atoms with Crippen LogP contribution < -0.4 is 5.73 Å². The van der Waals surface area contributed by atoms with Crippen LogP contribution in [0.4, 0.5) is 19.3 Å². The molecule has 1 amide bonds. The summed E-state index contributed by atoms with van der Waals surface area (Å²) >= 11 is 0. The van der Waals surface area contributed by atoms with E-state index in [2.05, 4.69) is 5.10 Å². The van der Waals surface area contributed by atoms with Gasteiger partial charge in [0.15, 0.2) is 0 Å². The second-order valence-corrected chi connectivity index (χ2v) is 6.60. The lowest BCUT2D eigenvalue weighted by molar-refractivity contribution is 0.00795. The van der Waals surface area contributed by atoms with Crippen molar-refractivity contribution in [1.29, 1.82) is 0 Å². The van der Waals surface area contributed by atoms with E-state index in [1.54, 1.807) is 50.7 Å². The van der Waals surface area contributed by atoms with Crippen molar-refractivity contribution in [3.05, 3.63) is 23.9 Å². The molecule has 6 nitrogen and oxygen atoms in total. The summed E-state index contributed by atoms with van der Waals surface area (Å²) in [5.74, 6) is 0. The van der Waals surface area contributed by atoms with Crippen LogP contribution in [0.3, 0.4) is 0 Å². The van der Waals surface area contributed by atoms with Crippen molar-refractivity contribution in [3.63, 3.8) is 0 Å². The summed E-state index contributed by atoms with van der Waals surface area (Å²) in [4.78, 5) is 13.2. The van der Waals surface area contributed by atoms with Gasteiger partial charge in [-0.1, -0.05) is 0 Å². The van der Waals surface area contributed by atoms with Gasteiger partial charge in [0, 0.05) is 18.1 Å². The van der Waals surface area contributed by atoms with Gasteiger partial charge in [0.2, 0.25) is 0 Å². The number of nitrogen functional groups attached to an aromatic ring is 1. The Bertz CT molecular complexity index is 737. The Hall–Kier alpha value is -2.38. The third kappa shape index (κ3) is 4.33. The summed E-state index contributed by atoms with van der Waals surface area (Å²) in [6, 6.07) is 5.25. The van der Waals surface area contributed by atoms with Gasteiger partial charge < -0.3 is 10.5 Å². The van der Waals surface area contributed by atoms with E-state index in [1.165, 1.54) is 0 Å². The Morgan fingerprint density at radius 2 is 2.08 bits per heavy atom. The Kier molecular flexibility index (Phi) is 4.96. The van der Waals surface area contributed by atoms with Crippen LogP contribution in [0.2, 0.25) is 0 Å². The molecular weight excluding hydrogens is 318 g/mol. The van der Waals surface area contributed by atoms with E-state index in [-0.39, 0.29) is 6.54 Å². The maximum atomic E-state index is 12.9. The molecular formula is C16H22F2N4O2. The number of hydrogen-bond donors (Lipinski definition) is 1. The molecule has 2 N–H and O–H groups in total. The smallest absolute Gasteiger partial charge is 0.410 e. The van der Waals surface area contributed by atoms with Gasteiger partial charge in [-0.2, -0.15) is 5.10 Å². The first-order valence-electron chi connectivity index (χ1n) is 7.54. The number of aryl methyl sites for hydroxylation is 1. The number of halogens is 2. The zero-order valence-electron chi connectivity index (χ0n) is 14.2. The van der Waals surface area contributed by atoms with Crippen LogP contribution in [0.5, 0.6) is 0 Å². The van der Waals surface area contributed by atoms with Crippen LogP contribution in [-0.2, 0) is 18.3 Å². The highest BCUT2D eigenvalue weighted by Crippen LogP contribution is 2.23. The first-order chi connectivity index (χ1) is 11.1. The standard InChI is InChI=1S/C16H22F2N4O2/c1-16(2,3)24-15(23)22(9-14(17)18)8-12-11-7-10(19)5-6-13(11)21(4)20-12/h5-7,14H,8-9,19H2,1-4H3. The third-order valence-corrected chi connectivity index (χ3v) is 3.30. The van der Waals surface area contributed by atoms with Gasteiger partial charge in [-0.3, -0.25) is 9.58 Å². The predicted octanol–water partition coefficient (Wildman–Crippen LogP) is 3.16. The molecule has 0 radical (unpaired) electrons. The second kappa shape index (κ2) is 6.62. The minimum Gasteiger partial charge on any atom is -0.444 e. The van der Waals surface area contributed by atoms with E-state index in [9.17, 15) is 13.6 Å². The summed E-state index contributed by atoms with van der Waals surface area (Å²) in [7, 11) is 1.74. The lowest BCUT2D eigenvalue weighted by atomic mass is 10.2. The van der Waals surface area contributed by atoms with Crippen LogP contribution in [0.15, 0.2) is 18.2 Å². The molecule has 0 aliphatic heterocycles. The van der Waals surface area contributed by atoms with E-state index in [4.69, 9.17) is 10.5 Å². The monoisotopic (exact) mass is 340 g/mol. The Balaban J connectivity index is 2.32. The Labute approximate surface area is 139 Å². The largest absolute Gasteiger partial charge is 0.444 e. The minimum atomic E-state index is -2.67. The summed E-state index contributed by atoms with van der Waals surface area (Å²) in [6.07, 6.45) is -3.47. The molecule has 1 aromatic heterocycles. The zero-order valence-corrected chi connectivity index (χ0v) is 14.2. The number of fused-ring (bicyclic) bond motifs is 1. The number of amides is 1. The van der Waals surface area contributed by atoms with Crippen LogP contribution in [0.25, 0.3) is 10.9 Å². The van der Waals surface area contributed by atoms with E-state index in [0.717, 1.165) is 15.8 Å². The van der Waals surface area contributed by atoms with Gasteiger partial charge in [0.05, 0.1) is 24.3 Å². The number of nitrogens with two attached hydrogens (primary N) is 1. The highest BCUT2D eigenvalue weighted by atomic mass is 19.3. The minimum absolute atomic E-state index is 0.0833. The van der Waals surface area contributed by atoms with Gasteiger partial charge in [-0.15, -0.1) is 0 Å². The average molecular weight is 340 g/mol. The first-order valence-corrected chi connectivity index (χ1v) is 7.54. The summed E-state index contributed by atoms with van der Waals surface area (Å²) in [5.41, 5.74) is 6.86. The first kappa shape index (κ1) is 18.0. The fraction of sp³-hybridized carbons (Fsp3) is 0.500. The number of carbonyl (C=O) groups excluding carboxylic acids is 1. The van der Waals surface area contributed by atoms with Crippen molar-refractivity contribution in [2.75, 3.05) is 12.3 Å². The number of rotatable bonds is 4. The number of aromatic nitrogens is 2. The van der Waals surface area contributed by atoms with E-state index < -0.39 is 24.7 Å². The van der Waals surface area contributed by atoms with Gasteiger partial charge in [0.1, 0.15) is 5.60 Å². The molecule has 8 heteroatoms. The van der Waals surface area contributed by atoms with E-state index >= 15 is 0 Å². The van der Waals surface area contributed by atoms with Gasteiger partial charge >= 0.3 is 6.09 Å². The number of nitrogens with zero attached hydrogens (tertiary/aromatic N) is 3. The summed E-state index contributed by atoms with van der Waals surface area (Å²) in [5, 5.41) is 5.05. The normalized spacial score (nSPS) is 12.0. The van der Waals surface area contributed by atoms with Gasteiger partial charge in [-0.25, -0.2) is 13.6 Å². The van der Waals surface area contributed by atoms with Crippen LogP contribution in [0, 0.1) is 0 Å². The maximum Gasteiger partial charge on any atom is 0.410 e. The third-order valence-electron chi connectivity index (χ3n) is 3.30. The number of benzene rings is 1. The number of alkyl halides is 2. The number of ether oxygens (including phenoxy) is 1. The van der Waals surface area contributed by atoms with Crippen molar-refractivity contribution in [2.24, 2.45) is 7.05 Å². The average Bonchev–Trinajstić information content (AvgIpc) is 2.71. The van der Waals surface area contributed by atoms with Crippen molar-refractivity contribution in [2.45, 2.75) is 39.3 Å². The second-order valence-electron chi connectivity index (χ2n) is 6.60. The SMILES string of the molecule is Cn1nc(CN(CC(F)F)C(=O)OC(C)(C)C)c2cc(N)ccc21. The van der Waals surface area contributed by atoms with Gasteiger partial charge in [0.25, 0.3) is 6.43 Å². The van der Waals surface area contributed by atoms with E-state index in [0.29, 0.717) is 11.4 Å². The molecule has 0 spiro atoms. The van der Waals surface area contributed by atoms with Gasteiger partial charge in [-0.05, 0) is 39.0 Å². The fourth-order valence-electron chi connectivity index (χ4n) is 2.35. The zero-order chi connectivity index (χ0) is 18.1. The Morgan fingerprint density at radius 3 is 2.67 bits per heavy atom. The summed E-state index contributed by atoms with van der Waals surface area (Å²) < 4.78 is 32.6. The molecule has 0 aliphatic carbocycles. The molecule has 2 rings (SSSR count). The van der Waals surface area contributed by atoms with Crippen molar-refractivity contribution < 1.29 is 18.3 Å². The number of anilines is 1. The molecule has 0 bridgehead atoms. The highest BCUT2D eigenvalue weighted by Gasteiger charge is 2.26. The number of hydrogen-bond acceptors (Lipinski definition) is 4. The summed E-state index contributed by atoms with van der Waals surface area (Å²) in [6.45, 7) is 4.24. The molecule has 132 valence electrons. The number of carbonyl (C=O) groups is 1. The molecule has 0 unspecified atom stereocenters. The highest BCUT2D eigenvalue weighted by molar-refractivity contribution is 5.85. The fourth-order valence-corrected chi connectivity index (χ4v) is 2.35.